The monoisotopic (exact) mass is 583 g/mol. The number of aromatic nitrogens is 2. The average molecular weight is 584 g/mol. The Kier molecular flexibility index (Phi) is 9.01. The van der Waals surface area contributed by atoms with E-state index in [4.69, 9.17) is 23.9 Å². The molecule has 42 heavy (non-hydrogen) atoms. The summed E-state index contributed by atoms with van der Waals surface area (Å²) in [5, 5.41) is 10.8. The zero-order valence-corrected chi connectivity index (χ0v) is 25.6. The number of amides is 3. The highest BCUT2D eigenvalue weighted by Gasteiger charge is 2.40. The highest BCUT2D eigenvalue weighted by molar-refractivity contribution is 6.12. The van der Waals surface area contributed by atoms with Gasteiger partial charge in [-0.05, 0) is 93.1 Å². The van der Waals surface area contributed by atoms with Crippen molar-refractivity contribution in [3.8, 4) is 11.9 Å². The first-order valence-corrected chi connectivity index (χ1v) is 14.5. The molecular weight excluding hydrogens is 542 g/mol. The van der Waals surface area contributed by atoms with Crippen LogP contribution in [0, 0.1) is 18.3 Å². The van der Waals surface area contributed by atoms with Gasteiger partial charge in [-0.2, -0.15) is 15.1 Å². The number of piperidine rings is 1. The number of aryl methyl sites for hydroxylation is 1. The Morgan fingerprint density at radius 3 is 2.14 bits per heavy atom. The molecule has 12 heteroatoms. The van der Waals surface area contributed by atoms with Crippen molar-refractivity contribution in [2.24, 2.45) is 0 Å². The molecular formula is C30H41N5O7. The van der Waals surface area contributed by atoms with Gasteiger partial charge in [-0.15, -0.1) is 0 Å². The second-order valence-corrected chi connectivity index (χ2v) is 12.7. The van der Waals surface area contributed by atoms with E-state index in [1.165, 1.54) is 0 Å². The van der Waals surface area contributed by atoms with Crippen LogP contribution in [0.25, 0.3) is 11.0 Å². The van der Waals surface area contributed by atoms with Crippen LogP contribution in [0.3, 0.4) is 0 Å². The number of nitrogens with zero attached hydrogens (tertiary/aromatic N) is 5. The maximum absolute atomic E-state index is 13.7. The van der Waals surface area contributed by atoms with Crippen LogP contribution in [0.2, 0.25) is 0 Å². The predicted molar refractivity (Wildman–Crippen MR) is 154 cm³/mol. The Morgan fingerprint density at radius 2 is 1.62 bits per heavy atom. The third-order valence-corrected chi connectivity index (χ3v) is 6.81. The second-order valence-electron chi connectivity index (χ2n) is 12.7. The molecule has 2 aliphatic heterocycles. The molecule has 0 spiro atoms. The lowest BCUT2D eigenvalue weighted by Crippen LogP contribution is -2.45. The number of nitriles is 1. The smallest absolute Gasteiger partial charge is 0.425 e. The Bertz CT molecular complexity index is 1360. The molecule has 2 saturated heterocycles. The van der Waals surface area contributed by atoms with Crippen molar-refractivity contribution in [2.45, 2.75) is 104 Å². The summed E-state index contributed by atoms with van der Waals surface area (Å²) in [4.78, 5) is 47.4. The van der Waals surface area contributed by atoms with Crippen LogP contribution >= 0.6 is 0 Å². The number of hydrogen-bond acceptors (Lipinski definition) is 9. The highest BCUT2D eigenvalue weighted by atomic mass is 16.6. The number of rotatable bonds is 3. The van der Waals surface area contributed by atoms with Crippen LogP contribution in [0.4, 0.5) is 20.2 Å². The van der Waals surface area contributed by atoms with Crippen molar-refractivity contribution in [3.05, 3.63) is 17.2 Å². The topological polar surface area (TPSA) is 136 Å². The molecule has 0 bridgehead atoms. The van der Waals surface area contributed by atoms with Crippen molar-refractivity contribution in [2.75, 3.05) is 24.6 Å². The van der Waals surface area contributed by atoms with E-state index in [0.717, 1.165) is 37.0 Å². The normalized spacial score (nSPS) is 17.9. The molecule has 228 valence electrons. The van der Waals surface area contributed by atoms with Gasteiger partial charge in [0.05, 0.1) is 0 Å². The lowest BCUT2D eigenvalue weighted by Gasteiger charge is -2.32. The van der Waals surface area contributed by atoms with E-state index < -0.39 is 35.7 Å². The highest BCUT2D eigenvalue weighted by Crippen LogP contribution is 2.40. The summed E-state index contributed by atoms with van der Waals surface area (Å²) in [6.45, 7) is 13.4. The fourth-order valence-corrected chi connectivity index (χ4v) is 5.02. The zero-order chi connectivity index (χ0) is 30.8. The number of carbonyl (C=O) groups excluding carboxylic acids is 3. The predicted octanol–water partition coefficient (Wildman–Crippen LogP) is 6.58. The zero-order valence-electron chi connectivity index (χ0n) is 25.6. The maximum atomic E-state index is 13.7. The number of anilines is 1. The fourth-order valence-electron chi connectivity index (χ4n) is 5.02. The number of hydrogen-bond donors (Lipinski definition) is 0. The Labute approximate surface area is 246 Å². The molecule has 2 fully saturated rings. The number of ether oxygens (including phenoxy) is 4. The van der Waals surface area contributed by atoms with Gasteiger partial charge in [0.1, 0.15) is 34.7 Å². The van der Waals surface area contributed by atoms with Crippen molar-refractivity contribution in [1.29, 1.82) is 5.26 Å². The molecule has 0 N–H and O–H groups in total. The maximum Gasteiger partial charge on any atom is 0.425 e. The minimum absolute atomic E-state index is 0.0143. The molecule has 12 nitrogen and oxygen atoms in total. The summed E-state index contributed by atoms with van der Waals surface area (Å²) in [6, 6.07) is 3.84. The van der Waals surface area contributed by atoms with Gasteiger partial charge in [0, 0.05) is 30.6 Å². The summed E-state index contributed by atoms with van der Waals surface area (Å²) in [6.07, 6.45) is 1.88. The molecule has 1 unspecified atom stereocenters. The van der Waals surface area contributed by atoms with Crippen molar-refractivity contribution in [3.63, 3.8) is 0 Å². The number of pyridine rings is 1. The van der Waals surface area contributed by atoms with Gasteiger partial charge in [0.25, 0.3) is 0 Å². The molecule has 0 aliphatic carbocycles. The van der Waals surface area contributed by atoms with Crippen molar-refractivity contribution in [1.82, 2.24) is 14.5 Å². The van der Waals surface area contributed by atoms with Gasteiger partial charge in [-0.3, -0.25) is 4.57 Å². The summed E-state index contributed by atoms with van der Waals surface area (Å²) in [5.74, 6) is -0.000865. The first-order chi connectivity index (χ1) is 19.7. The van der Waals surface area contributed by atoms with E-state index in [2.05, 4.69) is 6.07 Å². The molecule has 0 radical (unpaired) electrons. The molecule has 1 atom stereocenters. The van der Waals surface area contributed by atoms with Gasteiger partial charge in [-0.1, -0.05) is 0 Å². The van der Waals surface area contributed by atoms with E-state index in [1.807, 2.05) is 0 Å². The standard InChI is InChI=1S/C30H41N5O7/c1-19-17-20-21(18-31)25(35(27(37)41-29(2,3)4)28(38)42-30(5,6)7)34(22-13-9-12-16-39-22)23(20)32-24(19)40-26(36)33-14-10-8-11-15-33/h17,22H,8-16H2,1-7H3. The van der Waals surface area contributed by atoms with Gasteiger partial charge in [0.15, 0.2) is 5.82 Å². The molecule has 4 heterocycles. The van der Waals surface area contributed by atoms with Crippen LogP contribution in [0.1, 0.15) is 97.4 Å². The summed E-state index contributed by atoms with van der Waals surface area (Å²) >= 11 is 0. The quantitative estimate of drug-likeness (QED) is 0.392. The number of imide groups is 1. The van der Waals surface area contributed by atoms with Gasteiger partial charge in [-0.25, -0.2) is 14.4 Å². The minimum Gasteiger partial charge on any atom is -0.443 e. The largest absolute Gasteiger partial charge is 0.443 e. The Morgan fingerprint density at radius 1 is 1.00 bits per heavy atom. The molecule has 3 amide bonds. The molecule has 0 aromatic carbocycles. The third kappa shape index (κ3) is 6.95. The molecule has 2 aromatic rings. The van der Waals surface area contributed by atoms with E-state index in [1.54, 1.807) is 64.0 Å². The first-order valence-electron chi connectivity index (χ1n) is 14.5. The average Bonchev–Trinajstić information content (AvgIpc) is 3.20. The summed E-state index contributed by atoms with van der Waals surface area (Å²) in [5.41, 5.74) is -1.14. The van der Waals surface area contributed by atoms with E-state index in [9.17, 15) is 19.6 Å². The van der Waals surface area contributed by atoms with Crippen LogP contribution in [0.15, 0.2) is 6.07 Å². The minimum atomic E-state index is -1.01. The molecule has 0 saturated carbocycles. The molecule has 4 rings (SSSR count). The second kappa shape index (κ2) is 12.2. The Balaban J connectivity index is 1.93. The number of likely N-dealkylation sites (tertiary alicyclic amines) is 1. The van der Waals surface area contributed by atoms with E-state index >= 15 is 0 Å². The van der Waals surface area contributed by atoms with Crippen LogP contribution in [-0.2, 0) is 14.2 Å². The number of carbonyl (C=O) groups is 3. The van der Waals surface area contributed by atoms with Crippen LogP contribution < -0.4 is 9.64 Å². The number of fused-ring (bicyclic) bond motifs is 1. The van der Waals surface area contributed by atoms with Crippen LogP contribution in [0.5, 0.6) is 5.88 Å². The third-order valence-electron chi connectivity index (χ3n) is 6.81. The Hall–Kier alpha value is -3.85. The lowest BCUT2D eigenvalue weighted by molar-refractivity contribution is -0.0288. The summed E-state index contributed by atoms with van der Waals surface area (Å²) < 4.78 is 24.6. The lowest BCUT2D eigenvalue weighted by atomic mass is 10.1. The van der Waals surface area contributed by atoms with Gasteiger partial charge >= 0.3 is 18.3 Å². The van der Waals surface area contributed by atoms with Crippen molar-refractivity contribution >= 4 is 35.1 Å². The summed E-state index contributed by atoms with van der Waals surface area (Å²) in [7, 11) is 0. The van der Waals surface area contributed by atoms with Gasteiger partial charge < -0.3 is 23.8 Å². The van der Waals surface area contributed by atoms with E-state index in [0.29, 0.717) is 37.1 Å². The fraction of sp³-hybridized carbons (Fsp3) is 0.633. The van der Waals surface area contributed by atoms with Gasteiger partial charge in [0.2, 0.25) is 5.88 Å². The molecule has 2 aromatic heterocycles. The van der Waals surface area contributed by atoms with Crippen LogP contribution in [-0.4, -0.2) is 63.6 Å². The van der Waals surface area contributed by atoms with Crippen molar-refractivity contribution < 1.29 is 33.3 Å². The van der Waals surface area contributed by atoms with E-state index in [-0.39, 0.29) is 22.9 Å². The SMILES string of the molecule is Cc1cc2c(C#N)c(N(C(=O)OC(C)(C)C)C(=O)OC(C)(C)C)n(C3CCCCO3)c2nc1OC(=O)N1CCCCC1. The first kappa shape index (κ1) is 31.1. The molecule has 2 aliphatic rings.